The molecule has 1 amide bonds. The first-order chi connectivity index (χ1) is 11.6. The number of nitrogens with one attached hydrogen (secondary N) is 1. The van der Waals surface area contributed by atoms with Crippen molar-refractivity contribution >= 4 is 25.7 Å². The van der Waals surface area contributed by atoms with E-state index in [-0.39, 0.29) is 10.9 Å². The van der Waals surface area contributed by atoms with Gasteiger partial charge in [0.05, 0.1) is 18.4 Å². The Bertz CT molecular complexity index is 576. The third-order valence-corrected chi connectivity index (χ3v) is 9.10. The standard InChI is InChI=1S/C18H32N4O2Si/c1-18(2,25(3,4)24)11-14-7-9-22(10-8-14)13-17(23)21-16-6-5-15(19)12-20-16/h5-6,12,14,24H,7-11,13,19H2,1-4H3,(H,20,21,23). The Morgan fingerprint density at radius 1 is 1.40 bits per heavy atom. The van der Waals surface area contributed by atoms with Crippen LogP contribution in [-0.2, 0) is 4.79 Å². The van der Waals surface area contributed by atoms with E-state index in [1.807, 2.05) is 13.1 Å². The van der Waals surface area contributed by atoms with Gasteiger partial charge in [-0.3, -0.25) is 9.69 Å². The summed E-state index contributed by atoms with van der Waals surface area (Å²) < 4.78 is 0. The molecule has 0 radical (unpaired) electrons. The lowest BCUT2D eigenvalue weighted by molar-refractivity contribution is -0.117. The first-order valence-electron chi connectivity index (χ1n) is 9.03. The van der Waals surface area contributed by atoms with Crippen molar-refractivity contribution in [3.05, 3.63) is 18.3 Å². The van der Waals surface area contributed by atoms with Gasteiger partial charge < -0.3 is 15.8 Å². The molecule has 0 unspecified atom stereocenters. The highest BCUT2D eigenvalue weighted by molar-refractivity contribution is 6.72. The molecule has 0 aliphatic carbocycles. The number of pyridine rings is 1. The molecule has 2 heterocycles. The summed E-state index contributed by atoms with van der Waals surface area (Å²) in [6.45, 7) is 10.7. The van der Waals surface area contributed by atoms with Crippen molar-refractivity contribution in [2.75, 3.05) is 30.7 Å². The van der Waals surface area contributed by atoms with Crippen molar-refractivity contribution in [1.82, 2.24) is 9.88 Å². The Kier molecular flexibility index (Phi) is 6.24. The second-order valence-corrected chi connectivity index (χ2v) is 12.9. The van der Waals surface area contributed by atoms with Crippen LogP contribution < -0.4 is 11.1 Å². The van der Waals surface area contributed by atoms with Crippen molar-refractivity contribution in [2.24, 2.45) is 5.92 Å². The molecule has 0 atom stereocenters. The van der Waals surface area contributed by atoms with Crippen molar-refractivity contribution in [1.29, 1.82) is 0 Å². The number of nitrogens with two attached hydrogens (primary N) is 1. The van der Waals surface area contributed by atoms with Crippen LogP contribution in [0.25, 0.3) is 0 Å². The molecule has 1 aliphatic heterocycles. The molecule has 1 aliphatic rings. The second-order valence-electron chi connectivity index (χ2n) is 8.39. The van der Waals surface area contributed by atoms with E-state index < -0.39 is 8.32 Å². The first kappa shape index (κ1) is 19.9. The number of hydrogen-bond acceptors (Lipinski definition) is 5. The minimum absolute atomic E-state index is 0.0258. The third-order valence-electron chi connectivity index (χ3n) is 5.58. The van der Waals surface area contributed by atoms with E-state index in [0.717, 1.165) is 32.4 Å². The number of hydrogen-bond donors (Lipinski definition) is 3. The molecule has 1 saturated heterocycles. The number of aromatic nitrogens is 1. The Balaban J connectivity index is 1.76. The van der Waals surface area contributed by atoms with Gasteiger partial charge in [-0.05, 0) is 68.5 Å². The van der Waals surface area contributed by atoms with Gasteiger partial charge in [-0.15, -0.1) is 0 Å². The molecule has 2 rings (SSSR count). The number of piperidine rings is 1. The zero-order chi connectivity index (χ0) is 18.7. The van der Waals surface area contributed by atoms with E-state index >= 15 is 0 Å². The SMILES string of the molecule is CC(C)(CC1CCN(CC(=O)Nc2ccc(N)cn2)CC1)[Si](C)(C)O. The molecule has 0 aromatic carbocycles. The van der Waals surface area contributed by atoms with E-state index in [9.17, 15) is 9.59 Å². The fourth-order valence-electron chi connectivity index (χ4n) is 3.18. The van der Waals surface area contributed by atoms with Gasteiger partial charge in [0.15, 0.2) is 8.32 Å². The summed E-state index contributed by atoms with van der Waals surface area (Å²) in [6, 6.07) is 3.43. The Morgan fingerprint density at radius 2 is 2.04 bits per heavy atom. The molecule has 0 saturated carbocycles. The monoisotopic (exact) mass is 364 g/mol. The first-order valence-corrected chi connectivity index (χ1v) is 12.0. The van der Waals surface area contributed by atoms with Crippen LogP contribution in [0.2, 0.25) is 18.1 Å². The average molecular weight is 365 g/mol. The van der Waals surface area contributed by atoms with Crippen molar-refractivity contribution in [3.8, 4) is 0 Å². The molecule has 7 heteroatoms. The fraction of sp³-hybridized carbons (Fsp3) is 0.667. The molecule has 1 fully saturated rings. The molecule has 4 N–H and O–H groups in total. The van der Waals surface area contributed by atoms with E-state index in [1.165, 1.54) is 6.20 Å². The van der Waals surface area contributed by atoms with Gasteiger partial charge in [0.1, 0.15) is 5.82 Å². The van der Waals surface area contributed by atoms with Crippen LogP contribution in [0.5, 0.6) is 0 Å². The lowest BCUT2D eigenvalue weighted by Crippen LogP contribution is -2.43. The van der Waals surface area contributed by atoms with Gasteiger partial charge in [-0.1, -0.05) is 13.8 Å². The summed E-state index contributed by atoms with van der Waals surface area (Å²) in [5.41, 5.74) is 6.17. The Hall–Kier alpha value is -1.44. The largest absolute Gasteiger partial charge is 0.432 e. The zero-order valence-electron chi connectivity index (χ0n) is 15.9. The molecule has 1 aromatic rings. The number of carbonyl (C=O) groups excluding carboxylic acids is 1. The molecular formula is C18H32N4O2Si. The fourth-order valence-corrected chi connectivity index (χ4v) is 3.97. The summed E-state index contributed by atoms with van der Waals surface area (Å²) in [7, 11) is -2.15. The van der Waals surface area contributed by atoms with Crippen LogP contribution in [0, 0.1) is 5.92 Å². The summed E-state index contributed by atoms with van der Waals surface area (Å²) in [5, 5.41) is 2.84. The highest BCUT2D eigenvalue weighted by Crippen LogP contribution is 2.43. The van der Waals surface area contributed by atoms with Gasteiger partial charge >= 0.3 is 0 Å². The number of anilines is 2. The molecule has 140 valence electrons. The zero-order valence-corrected chi connectivity index (χ0v) is 16.9. The van der Waals surface area contributed by atoms with Crippen LogP contribution in [-0.4, -0.2) is 48.5 Å². The van der Waals surface area contributed by atoms with Gasteiger partial charge in [-0.25, -0.2) is 4.98 Å². The lowest BCUT2D eigenvalue weighted by Gasteiger charge is -2.40. The minimum Gasteiger partial charge on any atom is -0.432 e. The molecular weight excluding hydrogens is 332 g/mol. The van der Waals surface area contributed by atoms with Crippen molar-refractivity contribution in [3.63, 3.8) is 0 Å². The predicted octanol–water partition coefficient (Wildman–Crippen LogP) is 2.68. The minimum atomic E-state index is -2.15. The summed E-state index contributed by atoms with van der Waals surface area (Å²) >= 11 is 0. The highest BCUT2D eigenvalue weighted by atomic mass is 28.4. The summed E-state index contributed by atoms with van der Waals surface area (Å²) in [5.74, 6) is 1.12. The van der Waals surface area contributed by atoms with Crippen LogP contribution in [0.1, 0.15) is 33.1 Å². The van der Waals surface area contributed by atoms with E-state index in [1.54, 1.807) is 12.1 Å². The number of likely N-dealkylation sites (tertiary alicyclic amines) is 1. The van der Waals surface area contributed by atoms with E-state index in [0.29, 0.717) is 24.0 Å². The van der Waals surface area contributed by atoms with Crippen LogP contribution in [0.4, 0.5) is 11.5 Å². The maximum atomic E-state index is 12.2. The van der Waals surface area contributed by atoms with Crippen LogP contribution in [0.3, 0.4) is 0 Å². The predicted molar refractivity (Wildman–Crippen MR) is 105 cm³/mol. The number of nitrogens with zero attached hydrogens (tertiary/aromatic N) is 2. The third kappa shape index (κ3) is 5.80. The summed E-state index contributed by atoms with van der Waals surface area (Å²) in [6.07, 6.45) is 4.77. The van der Waals surface area contributed by atoms with Crippen LogP contribution >= 0.6 is 0 Å². The van der Waals surface area contributed by atoms with Crippen molar-refractivity contribution in [2.45, 2.75) is 51.2 Å². The smallest absolute Gasteiger partial charge is 0.239 e. The van der Waals surface area contributed by atoms with Gasteiger partial charge in [0, 0.05) is 0 Å². The Morgan fingerprint density at radius 3 is 2.56 bits per heavy atom. The maximum absolute atomic E-state index is 12.2. The van der Waals surface area contributed by atoms with Gasteiger partial charge in [0.25, 0.3) is 0 Å². The Labute approximate surface area is 151 Å². The van der Waals surface area contributed by atoms with Crippen molar-refractivity contribution < 1.29 is 9.59 Å². The maximum Gasteiger partial charge on any atom is 0.239 e. The quantitative estimate of drug-likeness (QED) is 0.675. The number of carbonyl (C=O) groups is 1. The van der Waals surface area contributed by atoms with E-state index in [4.69, 9.17) is 5.73 Å². The lowest BCUT2D eigenvalue weighted by atomic mass is 9.88. The molecule has 0 bridgehead atoms. The van der Waals surface area contributed by atoms with Gasteiger partial charge in [0.2, 0.25) is 5.91 Å². The average Bonchev–Trinajstić information content (AvgIpc) is 2.50. The molecule has 1 aromatic heterocycles. The van der Waals surface area contributed by atoms with Crippen LogP contribution in [0.15, 0.2) is 18.3 Å². The number of amides is 1. The number of nitrogen functional groups attached to an aromatic ring is 1. The second kappa shape index (κ2) is 7.84. The van der Waals surface area contributed by atoms with Gasteiger partial charge in [-0.2, -0.15) is 0 Å². The van der Waals surface area contributed by atoms with E-state index in [2.05, 4.69) is 29.0 Å². The highest BCUT2D eigenvalue weighted by Gasteiger charge is 2.40. The summed E-state index contributed by atoms with van der Waals surface area (Å²) in [4.78, 5) is 28.9. The normalized spacial score (nSPS) is 17.5. The topological polar surface area (TPSA) is 91.5 Å². The molecule has 25 heavy (non-hydrogen) atoms. The molecule has 6 nitrogen and oxygen atoms in total. The number of rotatable bonds is 6. The molecule has 0 spiro atoms.